The molecule has 0 saturated carbocycles. The first-order chi connectivity index (χ1) is 9.19. The summed E-state index contributed by atoms with van der Waals surface area (Å²) in [5.41, 5.74) is 0. The maximum absolute atomic E-state index is 9.97. The second kappa shape index (κ2) is 6.89. The van der Waals surface area contributed by atoms with E-state index in [9.17, 15) is 10.2 Å². The van der Waals surface area contributed by atoms with E-state index in [1.54, 1.807) is 0 Å². The topological polar surface area (TPSA) is 52.9 Å². The number of aliphatic hydroxyl groups is 2. The summed E-state index contributed by atoms with van der Waals surface area (Å²) in [5, 5.41) is 19.8. The molecule has 0 radical (unpaired) electrons. The molecular formula is C15H23NO3. The van der Waals surface area contributed by atoms with Crippen LogP contribution in [0.15, 0.2) is 30.3 Å². The number of likely N-dealkylation sites (tertiary alicyclic amines) is 1. The summed E-state index contributed by atoms with van der Waals surface area (Å²) < 4.78 is 5.52. The lowest BCUT2D eigenvalue weighted by Crippen LogP contribution is -2.34. The average Bonchev–Trinajstić information content (AvgIpc) is 2.77. The van der Waals surface area contributed by atoms with E-state index in [-0.39, 0.29) is 12.7 Å². The molecule has 4 heteroatoms. The van der Waals surface area contributed by atoms with E-state index in [4.69, 9.17) is 4.74 Å². The number of rotatable bonds is 6. The normalized spacial score (nSPS) is 25.4. The summed E-state index contributed by atoms with van der Waals surface area (Å²) in [7, 11) is 0. The highest BCUT2D eigenvalue weighted by atomic mass is 16.5. The molecule has 0 amide bonds. The number of ether oxygens (including phenoxy) is 1. The molecule has 0 spiro atoms. The number of β-amino-alcohol motifs (C(OH)–C–C–N with tert-alkyl or cyclic N) is 2. The Morgan fingerprint density at radius 3 is 2.68 bits per heavy atom. The van der Waals surface area contributed by atoms with Crippen molar-refractivity contribution in [1.29, 1.82) is 0 Å². The summed E-state index contributed by atoms with van der Waals surface area (Å²) >= 11 is 0. The van der Waals surface area contributed by atoms with Gasteiger partial charge < -0.3 is 14.9 Å². The minimum atomic E-state index is -0.525. The Hall–Kier alpha value is -1.10. The fourth-order valence-electron chi connectivity index (χ4n) is 2.55. The van der Waals surface area contributed by atoms with Crippen LogP contribution in [0, 0.1) is 5.92 Å². The first-order valence-corrected chi connectivity index (χ1v) is 6.95. The molecule has 1 aromatic rings. The van der Waals surface area contributed by atoms with Crippen molar-refractivity contribution in [2.24, 2.45) is 5.92 Å². The zero-order valence-corrected chi connectivity index (χ0v) is 11.4. The first-order valence-electron chi connectivity index (χ1n) is 6.95. The Bertz CT molecular complexity index is 371. The molecule has 1 fully saturated rings. The summed E-state index contributed by atoms with van der Waals surface area (Å²) in [6.07, 6.45) is 0.198. The highest BCUT2D eigenvalue weighted by Crippen LogP contribution is 2.20. The van der Waals surface area contributed by atoms with Gasteiger partial charge in [0, 0.05) is 19.6 Å². The molecule has 1 aliphatic heterocycles. The minimum Gasteiger partial charge on any atom is -0.491 e. The predicted molar refractivity (Wildman–Crippen MR) is 74.2 cm³/mol. The Labute approximate surface area is 114 Å². The second-order valence-corrected chi connectivity index (χ2v) is 5.23. The van der Waals surface area contributed by atoms with Gasteiger partial charge in [-0.3, -0.25) is 4.90 Å². The maximum atomic E-state index is 9.97. The number of hydrogen-bond acceptors (Lipinski definition) is 4. The average molecular weight is 265 g/mol. The molecule has 0 bridgehead atoms. The fraction of sp³-hybridized carbons (Fsp3) is 0.600. The van der Waals surface area contributed by atoms with E-state index >= 15 is 0 Å². The lowest BCUT2D eigenvalue weighted by Gasteiger charge is -2.20. The van der Waals surface area contributed by atoms with Crippen LogP contribution in [0.5, 0.6) is 5.75 Å². The Kier molecular flexibility index (Phi) is 5.19. The zero-order valence-electron chi connectivity index (χ0n) is 11.4. The van der Waals surface area contributed by atoms with E-state index in [1.165, 1.54) is 0 Å². The quantitative estimate of drug-likeness (QED) is 0.809. The van der Waals surface area contributed by atoms with Gasteiger partial charge in [-0.15, -0.1) is 0 Å². The fourth-order valence-corrected chi connectivity index (χ4v) is 2.55. The third-order valence-corrected chi connectivity index (χ3v) is 3.66. The SMILES string of the molecule is CC[C@@H]1CN(C[C@H](O)COc2ccccc2)C[C@H]1O. The minimum absolute atomic E-state index is 0.257. The maximum Gasteiger partial charge on any atom is 0.119 e. The molecule has 0 aliphatic carbocycles. The van der Waals surface area contributed by atoms with E-state index in [0.29, 0.717) is 19.0 Å². The van der Waals surface area contributed by atoms with Gasteiger partial charge in [-0.05, 0) is 24.5 Å². The van der Waals surface area contributed by atoms with Crippen LogP contribution >= 0.6 is 0 Å². The van der Waals surface area contributed by atoms with Crippen LogP contribution in [0.1, 0.15) is 13.3 Å². The van der Waals surface area contributed by atoms with Crippen LogP contribution < -0.4 is 4.74 Å². The van der Waals surface area contributed by atoms with Crippen molar-refractivity contribution < 1.29 is 14.9 Å². The molecule has 2 rings (SSSR count). The smallest absolute Gasteiger partial charge is 0.119 e. The lowest BCUT2D eigenvalue weighted by atomic mass is 10.0. The molecule has 19 heavy (non-hydrogen) atoms. The van der Waals surface area contributed by atoms with Crippen LogP contribution in [-0.2, 0) is 0 Å². The summed E-state index contributed by atoms with van der Waals surface area (Å²) in [4.78, 5) is 2.11. The van der Waals surface area contributed by atoms with Crippen molar-refractivity contribution in [1.82, 2.24) is 4.90 Å². The predicted octanol–water partition coefficient (Wildman–Crippen LogP) is 1.13. The molecular weight excluding hydrogens is 242 g/mol. The van der Waals surface area contributed by atoms with Gasteiger partial charge >= 0.3 is 0 Å². The first kappa shape index (κ1) is 14.3. The van der Waals surface area contributed by atoms with Gasteiger partial charge in [-0.25, -0.2) is 0 Å². The van der Waals surface area contributed by atoms with Crippen molar-refractivity contribution in [2.75, 3.05) is 26.2 Å². The van der Waals surface area contributed by atoms with Crippen molar-refractivity contribution in [2.45, 2.75) is 25.6 Å². The van der Waals surface area contributed by atoms with Crippen molar-refractivity contribution in [3.63, 3.8) is 0 Å². The van der Waals surface area contributed by atoms with Gasteiger partial charge in [0.2, 0.25) is 0 Å². The van der Waals surface area contributed by atoms with E-state index in [0.717, 1.165) is 18.7 Å². The molecule has 2 N–H and O–H groups in total. The number of para-hydroxylation sites is 1. The Morgan fingerprint density at radius 2 is 2.05 bits per heavy atom. The summed E-state index contributed by atoms with van der Waals surface area (Å²) in [6, 6.07) is 9.49. The number of hydrogen-bond donors (Lipinski definition) is 2. The van der Waals surface area contributed by atoms with Gasteiger partial charge in [-0.2, -0.15) is 0 Å². The van der Waals surface area contributed by atoms with Gasteiger partial charge in [0.05, 0.1) is 6.10 Å². The van der Waals surface area contributed by atoms with Crippen LogP contribution in [0.25, 0.3) is 0 Å². The molecule has 0 aromatic heterocycles. The van der Waals surface area contributed by atoms with Gasteiger partial charge in [0.15, 0.2) is 0 Å². The Morgan fingerprint density at radius 1 is 1.32 bits per heavy atom. The molecule has 0 unspecified atom stereocenters. The number of benzene rings is 1. The van der Waals surface area contributed by atoms with Crippen LogP contribution in [0.2, 0.25) is 0 Å². The van der Waals surface area contributed by atoms with Gasteiger partial charge in [-0.1, -0.05) is 25.1 Å². The number of aliphatic hydroxyl groups excluding tert-OH is 2. The standard InChI is InChI=1S/C15H23NO3/c1-2-12-8-16(10-15(12)18)9-13(17)11-19-14-6-4-3-5-7-14/h3-7,12-13,15,17-18H,2,8-11H2,1H3/t12-,13+,15-/m1/s1. The van der Waals surface area contributed by atoms with E-state index in [1.807, 2.05) is 30.3 Å². The van der Waals surface area contributed by atoms with Crippen LogP contribution in [-0.4, -0.2) is 53.6 Å². The highest BCUT2D eigenvalue weighted by molar-refractivity contribution is 5.20. The highest BCUT2D eigenvalue weighted by Gasteiger charge is 2.30. The molecule has 4 nitrogen and oxygen atoms in total. The second-order valence-electron chi connectivity index (χ2n) is 5.23. The molecule has 1 saturated heterocycles. The Balaban J connectivity index is 1.72. The van der Waals surface area contributed by atoms with E-state index < -0.39 is 6.10 Å². The van der Waals surface area contributed by atoms with E-state index in [2.05, 4.69) is 11.8 Å². The van der Waals surface area contributed by atoms with Crippen molar-refractivity contribution in [3.05, 3.63) is 30.3 Å². The summed E-state index contributed by atoms with van der Waals surface area (Å²) in [5.74, 6) is 1.11. The molecule has 1 aromatic carbocycles. The number of nitrogens with zero attached hydrogens (tertiary/aromatic N) is 1. The third kappa shape index (κ3) is 4.20. The largest absolute Gasteiger partial charge is 0.491 e. The van der Waals surface area contributed by atoms with Crippen molar-refractivity contribution >= 4 is 0 Å². The molecule has 1 heterocycles. The van der Waals surface area contributed by atoms with Crippen LogP contribution in [0.3, 0.4) is 0 Å². The molecule has 1 aliphatic rings. The summed E-state index contributed by atoms with van der Waals surface area (Å²) in [6.45, 7) is 4.45. The van der Waals surface area contributed by atoms with Crippen molar-refractivity contribution in [3.8, 4) is 5.75 Å². The van der Waals surface area contributed by atoms with Gasteiger partial charge in [0.25, 0.3) is 0 Å². The molecule has 106 valence electrons. The monoisotopic (exact) mass is 265 g/mol. The lowest BCUT2D eigenvalue weighted by molar-refractivity contribution is 0.0707. The van der Waals surface area contributed by atoms with Gasteiger partial charge in [0.1, 0.15) is 18.5 Å². The zero-order chi connectivity index (χ0) is 13.7. The van der Waals surface area contributed by atoms with Crippen LogP contribution in [0.4, 0.5) is 0 Å². The third-order valence-electron chi connectivity index (χ3n) is 3.66. The molecule has 3 atom stereocenters.